The predicted molar refractivity (Wildman–Crippen MR) is 97.0 cm³/mol. The smallest absolute Gasteiger partial charge is 0.285 e. The molecule has 2 aromatic carbocycles. The Labute approximate surface area is 145 Å². The van der Waals surface area contributed by atoms with Gasteiger partial charge in [-0.3, -0.25) is 0 Å². The fraction of sp³-hybridized carbons (Fsp3) is 0.118. The maximum atomic E-state index is 12.4. The Kier molecular flexibility index (Phi) is 4.34. The van der Waals surface area contributed by atoms with Crippen LogP contribution in [0.25, 0.3) is 4.91 Å². The van der Waals surface area contributed by atoms with Crippen LogP contribution in [-0.2, 0) is 10.0 Å². The first-order chi connectivity index (χ1) is 11.4. The van der Waals surface area contributed by atoms with Crippen molar-refractivity contribution < 1.29 is 13.2 Å². The summed E-state index contributed by atoms with van der Waals surface area (Å²) >= 11 is 6.10. The van der Waals surface area contributed by atoms with Gasteiger partial charge in [-0.25, -0.2) is 0 Å². The highest BCUT2D eigenvalue weighted by Gasteiger charge is 2.30. The van der Waals surface area contributed by atoms with Crippen molar-refractivity contribution in [3.8, 4) is 5.75 Å². The summed E-state index contributed by atoms with van der Waals surface area (Å²) < 4.78 is 33.8. The third kappa shape index (κ3) is 3.02. The molecule has 0 amide bonds. The molecule has 1 aliphatic rings. The average molecular weight is 363 g/mol. The lowest BCUT2D eigenvalue weighted by Gasteiger charge is -2.09. The molecule has 0 unspecified atom stereocenters. The first kappa shape index (κ1) is 16.5. The van der Waals surface area contributed by atoms with Gasteiger partial charge in [0.15, 0.2) is 0 Å². The van der Waals surface area contributed by atoms with E-state index < -0.39 is 10.0 Å². The quantitative estimate of drug-likeness (QED) is 0.898. The number of benzene rings is 2. The number of anilines is 1. The fourth-order valence-electron chi connectivity index (χ4n) is 2.49. The van der Waals surface area contributed by atoms with Gasteiger partial charge < -0.3 is 10.1 Å². The van der Waals surface area contributed by atoms with E-state index in [9.17, 15) is 8.42 Å². The number of ether oxygens (including phenoxy) is 1. The van der Waals surface area contributed by atoms with Crippen LogP contribution in [0.15, 0.2) is 58.5 Å². The number of methoxy groups -OCH3 is 1. The van der Waals surface area contributed by atoms with Crippen LogP contribution in [0.1, 0.15) is 12.5 Å². The summed E-state index contributed by atoms with van der Waals surface area (Å²) in [5.74, 6) is 0.829. The highest BCUT2D eigenvalue weighted by Crippen LogP contribution is 2.33. The molecule has 7 heteroatoms. The molecule has 3 rings (SSSR count). The summed E-state index contributed by atoms with van der Waals surface area (Å²) in [4.78, 5) is 0.213. The van der Waals surface area contributed by atoms with Gasteiger partial charge in [0.2, 0.25) is 0 Å². The van der Waals surface area contributed by atoms with Crippen molar-refractivity contribution in [3.63, 3.8) is 0 Å². The van der Waals surface area contributed by atoms with Gasteiger partial charge in [-0.15, -0.1) is 4.40 Å². The van der Waals surface area contributed by atoms with E-state index in [4.69, 9.17) is 16.3 Å². The molecule has 0 saturated heterocycles. The van der Waals surface area contributed by atoms with Crippen LogP contribution in [0.4, 0.5) is 5.69 Å². The van der Waals surface area contributed by atoms with E-state index >= 15 is 0 Å². The highest BCUT2D eigenvalue weighted by molar-refractivity contribution is 8.00. The normalized spacial score (nSPS) is 16.0. The molecule has 124 valence electrons. The topological polar surface area (TPSA) is 67.8 Å². The van der Waals surface area contributed by atoms with Crippen LogP contribution in [0.2, 0.25) is 5.02 Å². The summed E-state index contributed by atoms with van der Waals surface area (Å²) in [6.07, 6.45) is 0. The van der Waals surface area contributed by atoms with Crippen LogP contribution in [0.5, 0.6) is 5.75 Å². The Balaban J connectivity index is 1.98. The minimum absolute atomic E-state index is 0.213. The van der Waals surface area contributed by atoms with E-state index in [1.54, 1.807) is 49.4 Å². The molecule has 24 heavy (non-hydrogen) atoms. The maximum absolute atomic E-state index is 12.4. The van der Waals surface area contributed by atoms with Crippen molar-refractivity contribution in [1.82, 2.24) is 0 Å². The van der Waals surface area contributed by atoms with E-state index in [-0.39, 0.29) is 10.7 Å². The lowest BCUT2D eigenvalue weighted by atomic mass is 10.1. The largest absolute Gasteiger partial charge is 0.495 e. The summed E-state index contributed by atoms with van der Waals surface area (Å²) in [6.45, 7) is 1.73. The molecule has 1 aliphatic heterocycles. The molecule has 0 aromatic heterocycles. The van der Waals surface area contributed by atoms with Crippen LogP contribution in [-0.4, -0.2) is 21.4 Å². The van der Waals surface area contributed by atoms with Gasteiger partial charge in [0.1, 0.15) is 16.5 Å². The number of sulfonamides is 1. The van der Waals surface area contributed by atoms with Crippen molar-refractivity contribution in [1.29, 1.82) is 0 Å². The van der Waals surface area contributed by atoms with Crippen LogP contribution in [0.3, 0.4) is 0 Å². The molecule has 2 aromatic rings. The SMILES string of the molecule is COc1ccc(NC2=NS(=O)(=O)C(c3ccccc3)=C2C)cc1Cl. The van der Waals surface area contributed by atoms with Crippen LogP contribution < -0.4 is 10.1 Å². The lowest BCUT2D eigenvalue weighted by molar-refractivity contribution is 0.415. The van der Waals surface area contributed by atoms with Crippen molar-refractivity contribution in [3.05, 3.63) is 64.7 Å². The molecular weight excluding hydrogens is 348 g/mol. The number of hydrogen-bond acceptors (Lipinski definition) is 4. The maximum Gasteiger partial charge on any atom is 0.285 e. The molecule has 0 bridgehead atoms. The monoisotopic (exact) mass is 362 g/mol. The highest BCUT2D eigenvalue weighted by atomic mass is 35.5. The molecule has 1 heterocycles. The number of rotatable bonds is 3. The molecular formula is C17H15ClN2O3S. The number of hydrogen-bond donors (Lipinski definition) is 1. The molecule has 0 spiro atoms. The zero-order valence-corrected chi connectivity index (χ0v) is 14.6. The Bertz CT molecular complexity index is 951. The minimum atomic E-state index is -3.73. The Hall–Kier alpha value is -2.31. The van der Waals surface area contributed by atoms with Gasteiger partial charge in [-0.05, 0) is 30.7 Å². The fourth-order valence-corrected chi connectivity index (χ4v) is 4.18. The van der Waals surface area contributed by atoms with Gasteiger partial charge in [-0.1, -0.05) is 41.9 Å². The van der Waals surface area contributed by atoms with E-state index in [2.05, 4.69) is 9.71 Å². The van der Waals surface area contributed by atoms with Crippen LogP contribution >= 0.6 is 11.6 Å². The molecule has 1 N–H and O–H groups in total. The first-order valence-corrected chi connectivity index (χ1v) is 8.96. The zero-order valence-electron chi connectivity index (χ0n) is 13.1. The Morgan fingerprint density at radius 1 is 1.12 bits per heavy atom. The molecule has 0 radical (unpaired) electrons. The van der Waals surface area contributed by atoms with Crippen molar-refractivity contribution in [2.45, 2.75) is 6.92 Å². The molecule has 0 aliphatic carbocycles. The third-order valence-electron chi connectivity index (χ3n) is 3.62. The Morgan fingerprint density at radius 2 is 1.83 bits per heavy atom. The number of nitrogens with one attached hydrogen (secondary N) is 1. The number of halogens is 1. The summed E-state index contributed by atoms with van der Waals surface area (Å²) in [5.41, 5.74) is 1.81. The van der Waals surface area contributed by atoms with Gasteiger partial charge in [0.05, 0.1) is 12.1 Å². The molecule has 5 nitrogen and oxygen atoms in total. The lowest BCUT2D eigenvalue weighted by Crippen LogP contribution is -2.11. The van der Waals surface area contributed by atoms with E-state index in [1.807, 2.05) is 6.07 Å². The average Bonchev–Trinajstić information content (AvgIpc) is 2.77. The second-order valence-corrected chi connectivity index (χ2v) is 7.16. The van der Waals surface area contributed by atoms with Crippen molar-refractivity contribution >= 4 is 38.1 Å². The predicted octanol–water partition coefficient (Wildman–Crippen LogP) is 3.93. The van der Waals surface area contributed by atoms with E-state index in [0.29, 0.717) is 27.6 Å². The second-order valence-electron chi connectivity index (χ2n) is 5.21. The van der Waals surface area contributed by atoms with Gasteiger partial charge in [0.25, 0.3) is 10.0 Å². The summed E-state index contributed by atoms with van der Waals surface area (Å²) in [7, 11) is -2.21. The Morgan fingerprint density at radius 3 is 2.46 bits per heavy atom. The summed E-state index contributed by atoms with van der Waals surface area (Å²) in [6, 6.07) is 14.0. The molecule has 0 saturated carbocycles. The molecule has 0 atom stereocenters. The number of amidine groups is 1. The molecule has 0 fully saturated rings. The van der Waals surface area contributed by atoms with Crippen molar-refractivity contribution in [2.24, 2.45) is 4.40 Å². The van der Waals surface area contributed by atoms with Crippen molar-refractivity contribution in [2.75, 3.05) is 12.4 Å². The zero-order chi connectivity index (χ0) is 17.3. The standard InChI is InChI=1S/C17H15ClN2O3S/c1-11-16(12-6-4-3-5-7-12)24(21,22)20-17(11)19-13-8-9-15(23-2)14(18)10-13/h3-10H,1-2H3,(H,19,20). The van der Waals surface area contributed by atoms with Gasteiger partial charge in [0, 0.05) is 11.3 Å². The summed E-state index contributed by atoms with van der Waals surface area (Å²) in [5, 5.41) is 3.44. The first-order valence-electron chi connectivity index (χ1n) is 7.14. The van der Waals surface area contributed by atoms with E-state index in [1.165, 1.54) is 7.11 Å². The van der Waals surface area contributed by atoms with E-state index in [0.717, 1.165) is 0 Å². The minimum Gasteiger partial charge on any atom is -0.495 e. The number of nitrogens with zero attached hydrogens (tertiary/aromatic N) is 1. The van der Waals surface area contributed by atoms with Gasteiger partial charge >= 0.3 is 0 Å². The third-order valence-corrected chi connectivity index (χ3v) is 5.39. The second kappa shape index (κ2) is 6.30. The van der Waals surface area contributed by atoms with Gasteiger partial charge in [-0.2, -0.15) is 8.42 Å². The van der Waals surface area contributed by atoms with Crippen LogP contribution in [0, 0.1) is 0 Å².